The van der Waals surface area contributed by atoms with Gasteiger partial charge in [0.25, 0.3) is 0 Å². The van der Waals surface area contributed by atoms with E-state index < -0.39 is 0 Å². The summed E-state index contributed by atoms with van der Waals surface area (Å²) in [5.74, 6) is 1.95. The molecule has 2 unspecified atom stereocenters. The summed E-state index contributed by atoms with van der Waals surface area (Å²) in [5, 5.41) is 1.01. The highest BCUT2D eigenvalue weighted by atomic mass is 35.5. The number of hydrogen-bond donors (Lipinski definition) is 0. The van der Waals surface area contributed by atoms with Crippen LogP contribution >= 0.6 is 23.4 Å². The number of aromatic nitrogens is 3. The number of para-hydroxylation sites is 1. The molecule has 21 heavy (non-hydrogen) atoms. The van der Waals surface area contributed by atoms with Crippen LogP contribution in [0.15, 0.2) is 30.5 Å². The van der Waals surface area contributed by atoms with Crippen LogP contribution in [0.5, 0.6) is 0 Å². The van der Waals surface area contributed by atoms with Gasteiger partial charge in [0, 0.05) is 17.2 Å². The maximum Gasteiger partial charge on any atom is 0.128 e. The van der Waals surface area contributed by atoms with Gasteiger partial charge in [-0.1, -0.05) is 18.2 Å². The zero-order valence-corrected chi connectivity index (χ0v) is 13.9. The molecule has 3 rings (SSSR count). The van der Waals surface area contributed by atoms with Crippen molar-refractivity contribution in [3.8, 4) is 0 Å². The van der Waals surface area contributed by atoms with E-state index in [1.54, 1.807) is 0 Å². The Bertz CT molecular complexity index is 782. The first-order valence-electron chi connectivity index (χ1n) is 7.02. The minimum atomic E-state index is -0.125. The van der Waals surface area contributed by atoms with Crippen molar-refractivity contribution in [3.63, 3.8) is 0 Å². The normalized spacial score (nSPS) is 14.7. The number of halogens is 1. The Morgan fingerprint density at radius 3 is 2.71 bits per heavy atom. The van der Waals surface area contributed by atoms with E-state index in [0.717, 1.165) is 33.5 Å². The number of thioether (sulfide) groups is 1. The predicted octanol–water partition coefficient (Wildman–Crippen LogP) is 4.81. The third-order valence-corrected chi connectivity index (χ3v) is 4.67. The largest absolute Gasteiger partial charge is 0.322 e. The summed E-state index contributed by atoms with van der Waals surface area (Å²) in [4.78, 5) is 9.23. The standard InChI is InChI=1S/C16H18ClN3S/c1-10(9-21-3)20-15-12-6-4-5-7-13(12)18-8-14(15)19-16(20)11(2)17/h4-8,10-11H,9H2,1-3H3. The van der Waals surface area contributed by atoms with Crippen LogP contribution in [0, 0.1) is 0 Å². The molecule has 0 aliphatic rings. The fourth-order valence-corrected chi connectivity index (χ4v) is 3.57. The molecule has 3 aromatic rings. The summed E-state index contributed by atoms with van der Waals surface area (Å²) in [6.07, 6.45) is 3.97. The number of hydrogen-bond acceptors (Lipinski definition) is 3. The first-order valence-corrected chi connectivity index (χ1v) is 8.85. The zero-order chi connectivity index (χ0) is 15.0. The zero-order valence-electron chi connectivity index (χ0n) is 12.4. The van der Waals surface area contributed by atoms with Gasteiger partial charge in [-0.25, -0.2) is 4.98 Å². The van der Waals surface area contributed by atoms with Crippen LogP contribution < -0.4 is 0 Å². The Labute approximate surface area is 133 Å². The molecule has 0 radical (unpaired) electrons. The summed E-state index contributed by atoms with van der Waals surface area (Å²) in [6, 6.07) is 8.54. The Hall–Kier alpha value is -1.26. The van der Waals surface area contributed by atoms with E-state index in [-0.39, 0.29) is 5.38 Å². The fraction of sp³-hybridized carbons (Fsp3) is 0.375. The Morgan fingerprint density at radius 1 is 1.24 bits per heavy atom. The second-order valence-corrected chi connectivity index (χ2v) is 6.83. The van der Waals surface area contributed by atoms with Gasteiger partial charge in [-0.2, -0.15) is 11.8 Å². The number of rotatable bonds is 4. The van der Waals surface area contributed by atoms with Crippen LogP contribution in [0.2, 0.25) is 0 Å². The molecule has 0 bridgehead atoms. The van der Waals surface area contributed by atoms with Gasteiger partial charge in [0.2, 0.25) is 0 Å². The number of imidazole rings is 1. The summed E-state index contributed by atoms with van der Waals surface area (Å²) < 4.78 is 2.29. The number of benzene rings is 1. The Kier molecular flexibility index (Phi) is 4.09. The van der Waals surface area contributed by atoms with Gasteiger partial charge in [0.15, 0.2) is 0 Å². The maximum absolute atomic E-state index is 6.36. The lowest BCUT2D eigenvalue weighted by molar-refractivity contribution is 0.594. The molecule has 0 N–H and O–H groups in total. The van der Waals surface area contributed by atoms with Gasteiger partial charge >= 0.3 is 0 Å². The van der Waals surface area contributed by atoms with E-state index in [2.05, 4.69) is 28.8 Å². The Balaban J connectivity index is 2.38. The van der Waals surface area contributed by atoms with Crippen molar-refractivity contribution in [3.05, 3.63) is 36.3 Å². The van der Waals surface area contributed by atoms with Crippen molar-refractivity contribution < 1.29 is 0 Å². The lowest BCUT2D eigenvalue weighted by atomic mass is 10.2. The van der Waals surface area contributed by atoms with E-state index in [1.807, 2.05) is 43.1 Å². The molecule has 2 atom stereocenters. The summed E-state index contributed by atoms with van der Waals surface area (Å²) in [7, 11) is 0. The van der Waals surface area contributed by atoms with Crippen LogP contribution in [-0.4, -0.2) is 26.5 Å². The van der Waals surface area contributed by atoms with Crippen molar-refractivity contribution in [1.82, 2.24) is 14.5 Å². The molecule has 0 saturated carbocycles. The lowest BCUT2D eigenvalue weighted by Crippen LogP contribution is -2.12. The van der Waals surface area contributed by atoms with Gasteiger partial charge < -0.3 is 4.57 Å². The number of fused-ring (bicyclic) bond motifs is 3. The summed E-state index contributed by atoms with van der Waals surface area (Å²) >= 11 is 8.20. The monoisotopic (exact) mass is 319 g/mol. The number of nitrogens with zero attached hydrogens (tertiary/aromatic N) is 3. The van der Waals surface area contributed by atoms with E-state index in [9.17, 15) is 0 Å². The van der Waals surface area contributed by atoms with Crippen LogP contribution in [0.3, 0.4) is 0 Å². The second kappa shape index (κ2) is 5.85. The minimum absolute atomic E-state index is 0.125. The van der Waals surface area contributed by atoms with Crippen LogP contribution in [0.1, 0.15) is 31.1 Å². The van der Waals surface area contributed by atoms with Crippen LogP contribution in [-0.2, 0) is 0 Å². The molecule has 110 valence electrons. The van der Waals surface area contributed by atoms with Gasteiger partial charge in [-0.15, -0.1) is 11.6 Å². The first kappa shape index (κ1) is 14.7. The Morgan fingerprint density at radius 2 is 2.00 bits per heavy atom. The van der Waals surface area contributed by atoms with E-state index >= 15 is 0 Å². The van der Waals surface area contributed by atoms with Crippen molar-refractivity contribution in [2.24, 2.45) is 0 Å². The molecular formula is C16H18ClN3S. The molecule has 0 aliphatic carbocycles. The molecule has 3 nitrogen and oxygen atoms in total. The summed E-state index contributed by atoms with van der Waals surface area (Å²) in [6.45, 7) is 4.19. The SMILES string of the molecule is CSCC(C)n1c(C(C)Cl)nc2cnc3ccccc3c21. The van der Waals surface area contributed by atoms with Crippen molar-refractivity contribution in [2.75, 3.05) is 12.0 Å². The third kappa shape index (κ3) is 2.51. The topological polar surface area (TPSA) is 30.7 Å². The number of alkyl halides is 1. The molecule has 0 saturated heterocycles. The third-order valence-electron chi connectivity index (χ3n) is 3.65. The predicted molar refractivity (Wildman–Crippen MR) is 92.4 cm³/mol. The molecule has 0 spiro atoms. The van der Waals surface area contributed by atoms with Crippen molar-refractivity contribution in [2.45, 2.75) is 25.3 Å². The molecule has 0 aliphatic heterocycles. The highest BCUT2D eigenvalue weighted by Gasteiger charge is 2.20. The lowest BCUT2D eigenvalue weighted by Gasteiger charge is -2.18. The molecule has 2 heterocycles. The smallest absolute Gasteiger partial charge is 0.128 e. The van der Waals surface area contributed by atoms with Crippen molar-refractivity contribution in [1.29, 1.82) is 0 Å². The highest BCUT2D eigenvalue weighted by molar-refractivity contribution is 7.98. The molecule has 2 aromatic heterocycles. The molecule has 0 amide bonds. The molecule has 1 aromatic carbocycles. The second-order valence-electron chi connectivity index (χ2n) is 5.27. The highest BCUT2D eigenvalue weighted by Crippen LogP contribution is 2.32. The van der Waals surface area contributed by atoms with Gasteiger partial charge in [-0.3, -0.25) is 4.98 Å². The maximum atomic E-state index is 6.36. The minimum Gasteiger partial charge on any atom is -0.322 e. The van der Waals surface area contributed by atoms with Crippen LogP contribution in [0.4, 0.5) is 0 Å². The summed E-state index contributed by atoms with van der Waals surface area (Å²) in [5.41, 5.74) is 3.06. The van der Waals surface area contributed by atoms with E-state index in [4.69, 9.17) is 16.6 Å². The quantitative estimate of drug-likeness (QED) is 0.647. The first-order chi connectivity index (χ1) is 10.1. The molecule has 0 fully saturated rings. The average molecular weight is 320 g/mol. The fourth-order valence-electron chi connectivity index (χ4n) is 2.79. The van der Waals surface area contributed by atoms with Gasteiger partial charge in [-0.05, 0) is 26.2 Å². The van der Waals surface area contributed by atoms with Crippen LogP contribution in [0.25, 0.3) is 21.9 Å². The average Bonchev–Trinajstić information content (AvgIpc) is 2.87. The molecule has 5 heteroatoms. The molecular weight excluding hydrogens is 302 g/mol. The van der Waals surface area contributed by atoms with Gasteiger partial charge in [0.1, 0.15) is 11.3 Å². The van der Waals surface area contributed by atoms with Crippen molar-refractivity contribution >= 4 is 45.3 Å². The van der Waals surface area contributed by atoms with Gasteiger partial charge in [0.05, 0.1) is 22.6 Å². The number of pyridine rings is 1. The van der Waals surface area contributed by atoms with E-state index in [0.29, 0.717) is 6.04 Å². The van der Waals surface area contributed by atoms with E-state index in [1.165, 1.54) is 0 Å².